The van der Waals surface area contributed by atoms with E-state index in [0.29, 0.717) is 18.8 Å². The van der Waals surface area contributed by atoms with Crippen molar-refractivity contribution in [1.82, 2.24) is 14.7 Å². The number of ether oxygens (including phenoxy) is 1. The maximum atomic E-state index is 11.9. The summed E-state index contributed by atoms with van der Waals surface area (Å²) in [6.45, 7) is 6.24. The van der Waals surface area contributed by atoms with Gasteiger partial charge in [-0.1, -0.05) is 0 Å². The fourth-order valence-corrected chi connectivity index (χ4v) is 1.97. The monoisotopic (exact) mass is 251 g/mol. The SMILES string of the molecule is Cn1nc2c(c1C=O)CN(C(=O)OC(C)(C)C)C2. The van der Waals surface area contributed by atoms with Gasteiger partial charge in [-0.15, -0.1) is 0 Å². The first-order valence-electron chi connectivity index (χ1n) is 5.79. The summed E-state index contributed by atoms with van der Waals surface area (Å²) in [6.07, 6.45) is 0.393. The van der Waals surface area contributed by atoms with Crippen molar-refractivity contribution in [3.8, 4) is 0 Å². The molecule has 0 atom stereocenters. The van der Waals surface area contributed by atoms with Crippen LogP contribution >= 0.6 is 0 Å². The summed E-state index contributed by atoms with van der Waals surface area (Å²) < 4.78 is 6.84. The van der Waals surface area contributed by atoms with E-state index in [1.807, 2.05) is 20.8 Å². The van der Waals surface area contributed by atoms with Crippen LogP contribution < -0.4 is 0 Å². The van der Waals surface area contributed by atoms with Crippen LogP contribution in [0.25, 0.3) is 0 Å². The Morgan fingerprint density at radius 2 is 2.06 bits per heavy atom. The lowest BCUT2D eigenvalue weighted by molar-refractivity contribution is 0.0238. The number of aryl methyl sites for hydroxylation is 1. The Balaban J connectivity index is 2.13. The van der Waals surface area contributed by atoms with Crippen LogP contribution in [0, 0.1) is 0 Å². The molecule has 0 bridgehead atoms. The molecular weight excluding hydrogens is 234 g/mol. The minimum atomic E-state index is -0.519. The zero-order chi connectivity index (χ0) is 13.5. The molecule has 0 radical (unpaired) electrons. The lowest BCUT2D eigenvalue weighted by Crippen LogP contribution is -2.33. The molecule has 2 rings (SSSR count). The second kappa shape index (κ2) is 4.12. The largest absolute Gasteiger partial charge is 0.444 e. The fourth-order valence-electron chi connectivity index (χ4n) is 1.97. The fraction of sp³-hybridized carbons (Fsp3) is 0.583. The van der Waals surface area contributed by atoms with E-state index in [0.717, 1.165) is 17.5 Å². The van der Waals surface area contributed by atoms with Gasteiger partial charge in [0, 0.05) is 12.6 Å². The lowest BCUT2D eigenvalue weighted by atomic mass is 10.2. The maximum absolute atomic E-state index is 11.9. The number of hydrogen-bond acceptors (Lipinski definition) is 4. The molecule has 6 nitrogen and oxygen atoms in total. The summed E-state index contributed by atoms with van der Waals surface area (Å²) in [6, 6.07) is 0. The van der Waals surface area contributed by atoms with E-state index in [4.69, 9.17) is 4.74 Å². The zero-order valence-corrected chi connectivity index (χ0v) is 11.1. The molecule has 18 heavy (non-hydrogen) atoms. The Morgan fingerprint density at radius 1 is 1.39 bits per heavy atom. The van der Waals surface area contributed by atoms with E-state index in [2.05, 4.69) is 5.10 Å². The number of carbonyl (C=O) groups is 2. The Hall–Kier alpha value is -1.85. The van der Waals surface area contributed by atoms with E-state index < -0.39 is 5.60 Å². The predicted octanol–water partition coefficient (Wildman–Crippen LogP) is 1.48. The molecule has 0 aromatic carbocycles. The third kappa shape index (κ3) is 2.23. The molecule has 0 fully saturated rings. The second-order valence-corrected chi connectivity index (χ2v) is 5.39. The molecule has 1 aromatic heterocycles. The molecule has 1 aliphatic heterocycles. The number of rotatable bonds is 1. The number of amides is 1. The van der Waals surface area contributed by atoms with E-state index in [1.165, 1.54) is 0 Å². The topological polar surface area (TPSA) is 64.4 Å². The van der Waals surface area contributed by atoms with Crippen LogP contribution in [0.4, 0.5) is 4.79 Å². The van der Waals surface area contributed by atoms with Crippen LogP contribution in [0.15, 0.2) is 0 Å². The minimum Gasteiger partial charge on any atom is -0.444 e. The van der Waals surface area contributed by atoms with E-state index in [-0.39, 0.29) is 6.09 Å². The second-order valence-electron chi connectivity index (χ2n) is 5.39. The standard InChI is InChI=1S/C12H17N3O3/c1-12(2,3)18-11(17)15-5-8-9(6-15)13-14(4)10(8)7-16/h7H,5-6H2,1-4H3. The zero-order valence-electron chi connectivity index (χ0n) is 11.1. The van der Waals surface area contributed by atoms with Crippen LogP contribution in [0.1, 0.15) is 42.5 Å². The summed E-state index contributed by atoms with van der Waals surface area (Å²) in [7, 11) is 1.72. The van der Waals surface area contributed by atoms with Crippen LogP contribution in [-0.4, -0.2) is 32.7 Å². The molecule has 6 heteroatoms. The normalized spacial score (nSPS) is 14.6. The van der Waals surface area contributed by atoms with Crippen LogP contribution in [0.2, 0.25) is 0 Å². The molecule has 1 aromatic rings. The summed E-state index contributed by atoms with van der Waals surface area (Å²) in [4.78, 5) is 24.4. The van der Waals surface area contributed by atoms with Gasteiger partial charge in [0.1, 0.15) is 11.3 Å². The highest BCUT2D eigenvalue weighted by Gasteiger charge is 2.31. The average Bonchev–Trinajstić information content (AvgIpc) is 2.71. The Bertz CT molecular complexity index is 499. The van der Waals surface area contributed by atoms with Gasteiger partial charge < -0.3 is 4.74 Å². The van der Waals surface area contributed by atoms with Gasteiger partial charge in [0.05, 0.1) is 18.8 Å². The first kappa shape index (κ1) is 12.6. The smallest absolute Gasteiger partial charge is 0.410 e. The van der Waals surface area contributed by atoms with Gasteiger partial charge in [0.25, 0.3) is 0 Å². The molecule has 0 N–H and O–H groups in total. The molecule has 0 unspecified atom stereocenters. The van der Waals surface area contributed by atoms with E-state index >= 15 is 0 Å². The van der Waals surface area contributed by atoms with Crippen molar-refractivity contribution in [2.75, 3.05) is 0 Å². The molecule has 0 aliphatic carbocycles. The molecular formula is C12H17N3O3. The van der Waals surface area contributed by atoms with Gasteiger partial charge in [-0.2, -0.15) is 5.10 Å². The predicted molar refractivity (Wildman–Crippen MR) is 64.1 cm³/mol. The van der Waals surface area contributed by atoms with Crippen molar-refractivity contribution in [1.29, 1.82) is 0 Å². The van der Waals surface area contributed by atoms with Crippen molar-refractivity contribution in [2.45, 2.75) is 39.5 Å². The van der Waals surface area contributed by atoms with Crippen LogP contribution in [0.3, 0.4) is 0 Å². The number of hydrogen-bond donors (Lipinski definition) is 0. The lowest BCUT2D eigenvalue weighted by Gasteiger charge is -2.24. The summed E-state index contributed by atoms with van der Waals surface area (Å²) in [5.74, 6) is 0. The van der Waals surface area contributed by atoms with Gasteiger partial charge in [-0.25, -0.2) is 4.79 Å². The first-order valence-corrected chi connectivity index (χ1v) is 5.79. The Kier molecular flexibility index (Phi) is 2.88. The van der Waals surface area contributed by atoms with Crippen LogP contribution in [0.5, 0.6) is 0 Å². The van der Waals surface area contributed by atoms with Crippen molar-refractivity contribution in [2.24, 2.45) is 7.05 Å². The third-order valence-electron chi connectivity index (χ3n) is 2.73. The van der Waals surface area contributed by atoms with Crippen molar-refractivity contribution >= 4 is 12.4 Å². The quantitative estimate of drug-likeness (QED) is 0.709. The van der Waals surface area contributed by atoms with E-state index in [1.54, 1.807) is 16.6 Å². The molecule has 1 amide bonds. The summed E-state index contributed by atoms with van der Waals surface area (Å²) in [5.41, 5.74) is 1.59. The van der Waals surface area contributed by atoms with Gasteiger partial charge in [-0.3, -0.25) is 14.4 Å². The Labute approximate surface area is 106 Å². The van der Waals surface area contributed by atoms with Gasteiger partial charge in [0.15, 0.2) is 6.29 Å². The third-order valence-corrected chi connectivity index (χ3v) is 2.73. The highest BCUT2D eigenvalue weighted by molar-refractivity contribution is 5.77. The highest BCUT2D eigenvalue weighted by Crippen LogP contribution is 2.25. The molecule has 0 spiro atoms. The number of aromatic nitrogens is 2. The first-order chi connectivity index (χ1) is 8.31. The number of aldehydes is 1. The maximum Gasteiger partial charge on any atom is 0.410 e. The molecule has 1 aliphatic rings. The summed E-state index contributed by atoms with van der Waals surface area (Å²) in [5, 5.41) is 4.23. The van der Waals surface area contributed by atoms with Gasteiger partial charge in [0.2, 0.25) is 0 Å². The van der Waals surface area contributed by atoms with E-state index in [9.17, 15) is 9.59 Å². The number of carbonyl (C=O) groups excluding carboxylic acids is 2. The molecule has 98 valence electrons. The van der Waals surface area contributed by atoms with Crippen molar-refractivity contribution in [3.05, 3.63) is 17.0 Å². The van der Waals surface area contributed by atoms with Gasteiger partial charge >= 0.3 is 6.09 Å². The number of nitrogens with zero attached hydrogens (tertiary/aromatic N) is 3. The number of fused-ring (bicyclic) bond motifs is 1. The Morgan fingerprint density at radius 3 is 2.61 bits per heavy atom. The molecule has 2 heterocycles. The molecule has 0 saturated heterocycles. The van der Waals surface area contributed by atoms with Crippen molar-refractivity contribution in [3.63, 3.8) is 0 Å². The average molecular weight is 251 g/mol. The van der Waals surface area contributed by atoms with Crippen LogP contribution in [-0.2, 0) is 24.9 Å². The van der Waals surface area contributed by atoms with Gasteiger partial charge in [-0.05, 0) is 20.8 Å². The molecule has 0 saturated carbocycles. The highest BCUT2D eigenvalue weighted by atomic mass is 16.6. The van der Waals surface area contributed by atoms with Crippen molar-refractivity contribution < 1.29 is 14.3 Å². The summed E-state index contributed by atoms with van der Waals surface area (Å²) >= 11 is 0. The minimum absolute atomic E-state index is 0.375.